The van der Waals surface area contributed by atoms with Crippen molar-refractivity contribution in [2.24, 2.45) is 0 Å². The molecule has 0 saturated carbocycles. The van der Waals surface area contributed by atoms with E-state index in [4.69, 9.17) is 17.3 Å². The van der Waals surface area contributed by atoms with Crippen LogP contribution in [0.1, 0.15) is 0 Å². The van der Waals surface area contributed by atoms with E-state index in [0.717, 1.165) is 24.6 Å². The number of nitrogen functional groups attached to an aromatic ring is 1. The van der Waals surface area contributed by atoms with E-state index in [1.807, 2.05) is 11.8 Å². The number of halogens is 1. The van der Waals surface area contributed by atoms with Gasteiger partial charge >= 0.3 is 0 Å². The van der Waals surface area contributed by atoms with Gasteiger partial charge in [-0.15, -0.1) is 0 Å². The predicted molar refractivity (Wildman–Crippen MR) is 58.8 cm³/mol. The first-order valence-corrected chi connectivity index (χ1v) is 5.79. The maximum atomic E-state index is 5.70. The summed E-state index contributed by atoms with van der Waals surface area (Å²) in [6.07, 6.45) is 0. The molecule has 0 unspecified atom stereocenters. The second-order valence-corrected chi connectivity index (χ2v) is 4.42. The van der Waals surface area contributed by atoms with Crippen molar-refractivity contribution in [3.8, 4) is 0 Å². The molecule has 7 heteroatoms. The molecule has 5 nitrogen and oxygen atoms in total. The van der Waals surface area contributed by atoms with Crippen LogP contribution < -0.4 is 10.6 Å². The number of rotatable bonds is 1. The quantitative estimate of drug-likeness (QED) is 0.766. The van der Waals surface area contributed by atoms with Crippen molar-refractivity contribution in [2.45, 2.75) is 0 Å². The Balaban J connectivity index is 2.21. The Hall–Kier alpha value is -0.750. The first kappa shape index (κ1) is 9.79. The smallest absolute Gasteiger partial charge is 0.231 e. The minimum absolute atomic E-state index is 0.158. The number of nitrogens with two attached hydrogens (primary N) is 1. The third-order valence-electron chi connectivity index (χ3n) is 1.91. The van der Waals surface area contributed by atoms with Gasteiger partial charge in [-0.1, -0.05) is 0 Å². The van der Waals surface area contributed by atoms with Gasteiger partial charge in [0, 0.05) is 24.6 Å². The Labute approximate surface area is 91.1 Å². The van der Waals surface area contributed by atoms with E-state index in [-0.39, 0.29) is 11.2 Å². The SMILES string of the molecule is Nc1nc(Cl)nc(N2CCSCC2)n1. The molecule has 0 aliphatic carbocycles. The van der Waals surface area contributed by atoms with E-state index in [1.54, 1.807) is 0 Å². The summed E-state index contributed by atoms with van der Waals surface area (Å²) in [6.45, 7) is 1.87. The van der Waals surface area contributed by atoms with E-state index >= 15 is 0 Å². The molecular weight excluding hydrogens is 222 g/mol. The average Bonchev–Trinajstić information content (AvgIpc) is 2.18. The lowest BCUT2D eigenvalue weighted by molar-refractivity contribution is 0.809. The highest BCUT2D eigenvalue weighted by molar-refractivity contribution is 7.99. The van der Waals surface area contributed by atoms with Crippen LogP contribution in [0.5, 0.6) is 0 Å². The Morgan fingerprint density at radius 3 is 2.57 bits per heavy atom. The highest BCUT2D eigenvalue weighted by Gasteiger charge is 2.14. The van der Waals surface area contributed by atoms with Crippen LogP contribution in [-0.4, -0.2) is 39.5 Å². The molecule has 0 atom stereocenters. The Morgan fingerprint density at radius 2 is 1.93 bits per heavy atom. The second-order valence-electron chi connectivity index (χ2n) is 2.86. The molecule has 0 spiro atoms. The van der Waals surface area contributed by atoms with Gasteiger partial charge in [0.2, 0.25) is 17.2 Å². The summed E-state index contributed by atoms with van der Waals surface area (Å²) in [4.78, 5) is 13.9. The average molecular weight is 232 g/mol. The molecule has 14 heavy (non-hydrogen) atoms. The molecule has 2 rings (SSSR count). The van der Waals surface area contributed by atoms with Gasteiger partial charge in [-0.3, -0.25) is 0 Å². The van der Waals surface area contributed by atoms with Crippen LogP contribution in [0.3, 0.4) is 0 Å². The molecule has 2 heterocycles. The van der Waals surface area contributed by atoms with E-state index in [0.29, 0.717) is 5.95 Å². The molecule has 0 aromatic carbocycles. The monoisotopic (exact) mass is 231 g/mol. The largest absolute Gasteiger partial charge is 0.368 e. The number of aromatic nitrogens is 3. The molecule has 0 amide bonds. The lowest BCUT2D eigenvalue weighted by Gasteiger charge is -2.26. The lowest BCUT2D eigenvalue weighted by Crippen LogP contribution is -2.34. The summed E-state index contributed by atoms with van der Waals surface area (Å²) in [5, 5.41) is 0.158. The molecule has 0 bridgehead atoms. The van der Waals surface area contributed by atoms with Crippen molar-refractivity contribution in [2.75, 3.05) is 35.2 Å². The molecule has 1 aromatic rings. The first-order valence-electron chi connectivity index (χ1n) is 4.25. The first-order chi connectivity index (χ1) is 6.75. The van der Waals surface area contributed by atoms with Gasteiger partial charge in [0.05, 0.1) is 0 Å². The van der Waals surface area contributed by atoms with Gasteiger partial charge < -0.3 is 10.6 Å². The topological polar surface area (TPSA) is 67.9 Å². The van der Waals surface area contributed by atoms with Gasteiger partial charge in [0.1, 0.15) is 0 Å². The third-order valence-corrected chi connectivity index (χ3v) is 3.02. The van der Waals surface area contributed by atoms with Crippen molar-refractivity contribution in [1.29, 1.82) is 0 Å². The summed E-state index contributed by atoms with van der Waals surface area (Å²) < 4.78 is 0. The lowest BCUT2D eigenvalue weighted by atomic mass is 10.5. The van der Waals surface area contributed by atoms with Crippen molar-refractivity contribution in [3.63, 3.8) is 0 Å². The zero-order chi connectivity index (χ0) is 9.97. The minimum Gasteiger partial charge on any atom is -0.368 e. The zero-order valence-corrected chi connectivity index (χ0v) is 9.05. The van der Waals surface area contributed by atoms with Gasteiger partial charge in [-0.05, 0) is 11.6 Å². The summed E-state index contributed by atoms with van der Waals surface area (Å²) in [5.41, 5.74) is 5.49. The highest BCUT2D eigenvalue weighted by Crippen LogP contribution is 2.16. The standard InChI is InChI=1S/C7H10ClN5S/c8-5-10-6(9)12-7(11-5)13-1-3-14-4-2-13/h1-4H2,(H2,9,10,11,12). The highest BCUT2D eigenvalue weighted by atomic mass is 35.5. The zero-order valence-electron chi connectivity index (χ0n) is 7.48. The maximum absolute atomic E-state index is 5.70. The van der Waals surface area contributed by atoms with E-state index in [1.165, 1.54) is 0 Å². The van der Waals surface area contributed by atoms with Crippen molar-refractivity contribution in [1.82, 2.24) is 15.0 Å². The van der Waals surface area contributed by atoms with Crippen LogP contribution >= 0.6 is 23.4 Å². The van der Waals surface area contributed by atoms with Crippen LogP contribution in [0.2, 0.25) is 5.28 Å². The van der Waals surface area contributed by atoms with Crippen molar-refractivity contribution < 1.29 is 0 Å². The van der Waals surface area contributed by atoms with Gasteiger partial charge in [0.15, 0.2) is 0 Å². The number of thioether (sulfide) groups is 1. The maximum Gasteiger partial charge on any atom is 0.231 e. The fourth-order valence-electron chi connectivity index (χ4n) is 1.26. The van der Waals surface area contributed by atoms with Crippen LogP contribution in [0, 0.1) is 0 Å². The molecular formula is C7H10ClN5S. The molecule has 1 aliphatic heterocycles. The summed E-state index contributed by atoms with van der Waals surface area (Å²) in [7, 11) is 0. The van der Waals surface area contributed by atoms with E-state index in [9.17, 15) is 0 Å². The van der Waals surface area contributed by atoms with Gasteiger partial charge in [-0.2, -0.15) is 26.7 Å². The number of hydrogen-bond donors (Lipinski definition) is 1. The molecule has 1 aliphatic rings. The normalized spacial score (nSPS) is 17.1. The number of hydrogen-bond acceptors (Lipinski definition) is 6. The Bertz CT molecular complexity index is 308. The van der Waals surface area contributed by atoms with Crippen LogP contribution in [0.4, 0.5) is 11.9 Å². The minimum atomic E-state index is 0.158. The van der Waals surface area contributed by atoms with E-state index in [2.05, 4.69) is 19.9 Å². The molecule has 0 radical (unpaired) electrons. The van der Waals surface area contributed by atoms with Crippen molar-refractivity contribution in [3.05, 3.63) is 5.28 Å². The van der Waals surface area contributed by atoms with Gasteiger partial charge in [0.25, 0.3) is 0 Å². The Morgan fingerprint density at radius 1 is 1.21 bits per heavy atom. The Kier molecular flexibility index (Phi) is 2.93. The summed E-state index contributed by atoms with van der Waals surface area (Å²) in [6, 6.07) is 0. The molecule has 1 fully saturated rings. The second kappa shape index (κ2) is 4.18. The molecule has 2 N–H and O–H groups in total. The number of nitrogens with zero attached hydrogens (tertiary/aromatic N) is 4. The van der Waals surface area contributed by atoms with E-state index < -0.39 is 0 Å². The fraction of sp³-hybridized carbons (Fsp3) is 0.571. The molecule has 1 saturated heterocycles. The number of anilines is 2. The fourth-order valence-corrected chi connectivity index (χ4v) is 2.32. The summed E-state index contributed by atoms with van der Waals surface area (Å²) >= 11 is 7.62. The summed E-state index contributed by atoms with van der Waals surface area (Å²) in [5.74, 6) is 2.94. The van der Waals surface area contributed by atoms with Crippen LogP contribution in [0.15, 0.2) is 0 Å². The van der Waals surface area contributed by atoms with Crippen LogP contribution in [-0.2, 0) is 0 Å². The third kappa shape index (κ3) is 2.19. The molecule has 76 valence electrons. The molecule has 1 aromatic heterocycles. The predicted octanol–water partition coefficient (Wildman–Crippen LogP) is 0.660. The van der Waals surface area contributed by atoms with Crippen molar-refractivity contribution >= 4 is 35.3 Å². The van der Waals surface area contributed by atoms with Crippen LogP contribution in [0.25, 0.3) is 0 Å². The van der Waals surface area contributed by atoms with Gasteiger partial charge in [-0.25, -0.2) is 0 Å².